The van der Waals surface area contributed by atoms with Gasteiger partial charge in [0.05, 0.1) is 11.2 Å². The van der Waals surface area contributed by atoms with Crippen molar-refractivity contribution in [3.63, 3.8) is 0 Å². The Morgan fingerprint density at radius 2 is 1.94 bits per heavy atom. The van der Waals surface area contributed by atoms with Crippen molar-refractivity contribution in [2.45, 2.75) is 32.2 Å². The molecule has 0 spiro atoms. The maximum absolute atomic E-state index is 12.6. The van der Waals surface area contributed by atoms with Crippen LogP contribution in [0.5, 0.6) is 11.9 Å². The van der Waals surface area contributed by atoms with Gasteiger partial charge in [0.15, 0.2) is 0 Å². The highest BCUT2D eigenvalue weighted by Gasteiger charge is 2.25. The van der Waals surface area contributed by atoms with Gasteiger partial charge in [-0.15, -0.1) is 11.3 Å². The van der Waals surface area contributed by atoms with Gasteiger partial charge < -0.3 is 20.3 Å². The lowest BCUT2D eigenvalue weighted by atomic mass is 10.1. The van der Waals surface area contributed by atoms with Crippen LogP contribution in [0.2, 0.25) is 5.28 Å². The first-order valence-corrected chi connectivity index (χ1v) is 12.5. The highest BCUT2D eigenvalue weighted by atomic mass is 35.5. The number of nitrogens with one attached hydrogen (secondary N) is 2. The standard InChI is InChI=1S/C23H22ClN7O2S/c1-12-11-25-18-17-13-5-8-16(27-14(13)6-7-15(17)34-19(18)20(32)26-12)33-23-29-21(24)28-22(30-23)31-9-3-2-4-10-31/h5-8,12,25H,2-4,9-11H2,1H3,(H,26,32)/t12-/m0/s1. The van der Waals surface area contributed by atoms with E-state index in [1.165, 1.54) is 17.8 Å². The molecule has 34 heavy (non-hydrogen) atoms. The van der Waals surface area contributed by atoms with Crippen LogP contribution < -0.4 is 20.3 Å². The van der Waals surface area contributed by atoms with Crippen LogP contribution >= 0.6 is 22.9 Å². The lowest BCUT2D eigenvalue weighted by molar-refractivity contribution is 0.0949. The Morgan fingerprint density at radius 1 is 1.09 bits per heavy atom. The zero-order chi connectivity index (χ0) is 23.2. The number of aromatic nitrogens is 4. The summed E-state index contributed by atoms with van der Waals surface area (Å²) in [6, 6.07) is 7.82. The number of benzene rings is 1. The normalized spacial score (nSPS) is 18.4. The lowest BCUT2D eigenvalue weighted by Gasteiger charge is -2.26. The number of piperidine rings is 1. The third-order valence-electron chi connectivity index (χ3n) is 6.08. The molecule has 11 heteroatoms. The number of carbonyl (C=O) groups excluding carboxylic acids is 1. The van der Waals surface area contributed by atoms with Crippen LogP contribution in [0.3, 0.4) is 0 Å². The summed E-state index contributed by atoms with van der Waals surface area (Å²) < 4.78 is 6.92. The monoisotopic (exact) mass is 495 g/mol. The summed E-state index contributed by atoms with van der Waals surface area (Å²) >= 11 is 7.64. The summed E-state index contributed by atoms with van der Waals surface area (Å²) in [7, 11) is 0. The number of rotatable bonds is 3. The van der Waals surface area contributed by atoms with Crippen molar-refractivity contribution in [1.29, 1.82) is 0 Å². The number of anilines is 2. The lowest BCUT2D eigenvalue weighted by Crippen LogP contribution is -2.34. The van der Waals surface area contributed by atoms with Crippen LogP contribution in [-0.4, -0.2) is 51.5 Å². The van der Waals surface area contributed by atoms with E-state index in [0.717, 1.165) is 52.6 Å². The number of nitrogens with zero attached hydrogens (tertiary/aromatic N) is 5. The molecular formula is C23H22ClN7O2S. The molecule has 174 valence electrons. The van der Waals surface area contributed by atoms with Crippen LogP contribution in [0.25, 0.3) is 21.0 Å². The SMILES string of the molecule is C[C@H]1CNc2c(sc3ccc4nc(Oc5nc(Cl)nc(N6CCCCC6)n5)ccc4c23)C(=O)N1. The van der Waals surface area contributed by atoms with Crippen molar-refractivity contribution in [3.05, 3.63) is 34.4 Å². The topological polar surface area (TPSA) is 105 Å². The molecule has 2 aliphatic heterocycles. The second-order valence-corrected chi connectivity index (χ2v) is 9.94. The van der Waals surface area contributed by atoms with Crippen molar-refractivity contribution in [1.82, 2.24) is 25.3 Å². The van der Waals surface area contributed by atoms with Gasteiger partial charge in [0.25, 0.3) is 5.91 Å². The minimum Gasteiger partial charge on any atom is -0.405 e. The van der Waals surface area contributed by atoms with Crippen molar-refractivity contribution in [3.8, 4) is 11.9 Å². The number of hydrogen-bond acceptors (Lipinski definition) is 9. The highest BCUT2D eigenvalue weighted by Crippen LogP contribution is 2.41. The Balaban J connectivity index is 1.36. The van der Waals surface area contributed by atoms with Gasteiger partial charge in [0.1, 0.15) is 4.88 Å². The van der Waals surface area contributed by atoms with Crippen LogP contribution in [0, 0.1) is 0 Å². The molecule has 0 radical (unpaired) electrons. The number of hydrogen-bond donors (Lipinski definition) is 2. The van der Waals surface area contributed by atoms with E-state index in [9.17, 15) is 4.79 Å². The molecule has 5 heterocycles. The Kier molecular flexibility index (Phi) is 5.34. The van der Waals surface area contributed by atoms with E-state index < -0.39 is 0 Å². The Labute approximate surface area is 204 Å². The minimum atomic E-state index is -0.0500. The van der Waals surface area contributed by atoms with Gasteiger partial charge in [-0.2, -0.15) is 15.0 Å². The number of pyridine rings is 1. The Hall–Kier alpha value is -3.24. The highest BCUT2D eigenvalue weighted by molar-refractivity contribution is 7.21. The molecule has 1 amide bonds. The van der Waals surface area contributed by atoms with Crippen LogP contribution in [-0.2, 0) is 0 Å². The summed E-state index contributed by atoms with van der Waals surface area (Å²) in [4.78, 5) is 33.0. The second kappa shape index (κ2) is 8.52. The smallest absolute Gasteiger partial charge is 0.329 e. The molecule has 0 aliphatic carbocycles. The molecule has 4 aromatic rings. The number of ether oxygens (including phenoxy) is 1. The molecule has 1 fully saturated rings. The number of fused-ring (bicyclic) bond motifs is 5. The van der Waals surface area contributed by atoms with Gasteiger partial charge in [-0.1, -0.05) is 0 Å². The Bertz CT molecular complexity index is 1420. The largest absolute Gasteiger partial charge is 0.405 e. The molecule has 2 aliphatic rings. The van der Waals surface area contributed by atoms with Crippen molar-refractivity contribution >= 4 is 61.5 Å². The molecule has 0 saturated carbocycles. The minimum absolute atomic E-state index is 0.0500. The van der Waals surface area contributed by atoms with E-state index in [-0.39, 0.29) is 23.2 Å². The van der Waals surface area contributed by atoms with Crippen LogP contribution in [0.1, 0.15) is 35.9 Å². The molecule has 1 atom stereocenters. The number of amides is 1. The van der Waals surface area contributed by atoms with Gasteiger partial charge in [0.2, 0.25) is 17.1 Å². The fourth-order valence-electron chi connectivity index (χ4n) is 4.46. The van der Waals surface area contributed by atoms with Gasteiger partial charge in [0, 0.05) is 47.2 Å². The molecule has 9 nitrogen and oxygen atoms in total. The third kappa shape index (κ3) is 3.86. The average Bonchev–Trinajstić information content (AvgIpc) is 3.15. The number of thiophene rings is 1. The van der Waals surface area contributed by atoms with Crippen molar-refractivity contribution in [2.75, 3.05) is 29.9 Å². The first-order chi connectivity index (χ1) is 16.5. The van der Waals surface area contributed by atoms with Gasteiger partial charge in [-0.3, -0.25) is 4.79 Å². The zero-order valence-electron chi connectivity index (χ0n) is 18.5. The predicted octanol–water partition coefficient (Wildman–Crippen LogP) is 4.61. The van der Waals surface area contributed by atoms with E-state index in [2.05, 4.69) is 35.5 Å². The van der Waals surface area contributed by atoms with E-state index in [0.29, 0.717) is 23.3 Å². The van der Waals surface area contributed by atoms with Gasteiger partial charge in [-0.05, 0) is 56.0 Å². The molecule has 0 unspecified atom stereocenters. The molecule has 1 aromatic carbocycles. The quantitative estimate of drug-likeness (QED) is 0.424. The molecule has 2 N–H and O–H groups in total. The van der Waals surface area contributed by atoms with Gasteiger partial charge in [-0.25, -0.2) is 4.98 Å². The first kappa shape index (κ1) is 21.3. The predicted molar refractivity (Wildman–Crippen MR) is 134 cm³/mol. The summed E-state index contributed by atoms with van der Waals surface area (Å²) in [6.07, 6.45) is 3.41. The second-order valence-electron chi connectivity index (χ2n) is 8.55. The maximum atomic E-state index is 12.6. The first-order valence-electron chi connectivity index (χ1n) is 11.3. The van der Waals surface area contributed by atoms with E-state index in [4.69, 9.17) is 16.3 Å². The van der Waals surface area contributed by atoms with Crippen LogP contribution in [0.15, 0.2) is 24.3 Å². The Morgan fingerprint density at radius 3 is 2.79 bits per heavy atom. The number of carbonyl (C=O) groups is 1. The molecule has 6 rings (SSSR count). The van der Waals surface area contributed by atoms with Crippen LogP contribution in [0.4, 0.5) is 11.6 Å². The summed E-state index contributed by atoms with van der Waals surface area (Å²) in [6.45, 7) is 4.42. The average molecular weight is 496 g/mol. The number of halogens is 1. The molecule has 0 bridgehead atoms. The van der Waals surface area contributed by atoms with E-state index >= 15 is 0 Å². The molecule has 3 aromatic heterocycles. The van der Waals surface area contributed by atoms with Gasteiger partial charge >= 0.3 is 6.01 Å². The van der Waals surface area contributed by atoms with E-state index in [1.807, 2.05) is 25.1 Å². The fourth-order valence-corrected chi connectivity index (χ4v) is 5.71. The molecule has 1 saturated heterocycles. The summed E-state index contributed by atoms with van der Waals surface area (Å²) in [5.41, 5.74) is 1.61. The van der Waals surface area contributed by atoms with Crippen molar-refractivity contribution in [2.24, 2.45) is 0 Å². The van der Waals surface area contributed by atoms with Crippen molar-refractivity contribution < 1.29 is 9.53 Å². The molecular weight excluding hydrogens is 474 g/mol. The zero-order valence-corrected chi connectivity index (χ0v) is 20.0. The fraction of sp³-hybridized carbons (Fsp3) is 0.348. The summed E-state index contributed by atoms with van der Waals surface area (Å²) in [5.74, 6) is 0.835. The summed E-state index contributed by atoms with van der Waals surface area (Å²) in [5, 5.41) is 8.49. The van der Waals surface area contributed by atoms with E-state index in [1.54, 1.807) is 6.07 Å². The third-order valence-corrected chi connectivity index (χ3v) is 7.40. The maximum Gasteiger partial charge on any atom is 0.329 e.